The van der Waals surface area contributed by atoms with Gasteiger partial charge in [-0.15, -0.1) is 18.8 Å². The smallest absolute Gasteiger partial charge is 0.413 e. The first-order chi connectivity index (χ1) is 28.1. The van der Waals surface area contributed by atoms with Crippen molar-refractivity contribution in [2.45, 2.75) is 195 Å². The molecule has 0 spiro atoms. The van der Waals surface area contributed by atoms with E-state index in [2.05, 4.69) is 61.8 Å². The van der Waals surface area contributed by atoms with Crippen LogP contribution in [0.15, 0.2) is 23.3 Å². The topological polar surface area (TPSA) is 116 Å². The Balaban J connectivity index is -0.00000171. The highest BCUT2D eigenvalue weighted by atomic mass is 19.1. The molecule has 1 rings (SSSR count). The molecule has 0 radical (unpaired) electrons. The summed E-state index contributed by atoms with van der Waals surface area (Å²) in [4.78, 5) is 21.4. The summed E-state index contributed by atoms with van der Waals surface area (Å²) in [5, 5.41) is 9.59. The number of imidazole rings is 1. The average molecular weight is 821 g/mol. The van der Waals surface area contributed by atoms with E-state index in [1.54, 1.807) is 20.4 Å². The van der Waals surface area contributed by atoms with E-state index >= 15 is 0 Å². The first-order valence-electron chi connectivity index (χ1n) is 22.0. The Labute approximate surface area is 354 Å². The van der Waals surface area contributed by atoms with Crippen LogP contribution in [0.2, 0.25) is 0 Å². The molecule has 58 heavy (non-hydrogen) atoms. The number of unbranched alkanes of at least 4 members (excludes halogenated alkanes) is 13. The van der Waals surface area contributed by atoms with E-state index in [-0.39, 0.29) is 19.0 Å². The number of hydrogen-bond acceptors (Lipinski definition) is 8. The van der Waals surface area contributed by atoms with Gasteiger partial charge in [0.05, 0.1) is 19.5 Å². The third kappa shape index (κ3) is 31.7. The molecule has 2 unspecified atom stereocenters. The molecule has 0 bridgehead atoms. The van der Waals surface area contributed by atoms with Crippen LogP contribution in [0, 0.1) is 31.6 Å². The van der Waals surface area contributed by atoms with Crippen LogP contribution in [0.4, 0.5) is 9.18 Å². The van der Waals surface area contributed by atoms with Crippen LogP contribution in [0.25, 0.3) is 0 Å². The van der Waals surface area contributed by atoms with E-state index < -0.39 is 23.7 Å². The van der Waals surface area contributed by atoms with Crippen LogP contribution in [0.3, 0.4) is 0 Å². The summed E-state index contributed by atoms with van der Waals surface area (Å²) in [6.45, 7) is 15.9. The fraction of sp³-hybridized carbons (Fsp3) is 0.766. The number of carbonyl (C=O) groups is 1. The zero-order valence-electron chi connectivity index (χ0n) is 38.6. The third-order valence-electron chi connectivity index (χ3n) is 8.98. The summed E-state index contributed by atoms with van der Waals surface area (Å²) >= 11 is 0. The van der Waals surface area contributed by atoms with Crippen LogP contribution in [0.1, 0.15) is 181 Å². The number of carbonyl (C=O) groups excluding carboxylic acids is 1. The zero-order valence-corrected chi connectivity index (χ0v) is 38.6. The van der Waals surface area contributed by atoms with Crippen molar-refractivity contribution in [1.29, 1.82) is 0 Å². The summed E-state index contributed by atoms with van der Waals surface area (Å²) in [6.07, 6.45) is 34.7. The van der Waals surface area contributed by atoms with Gasteiger partial charge < -0.3 is 28.6 Å². The van der Waals surface area contributed by atoms with Gasteiger partial charge in [-0.1, -0.05) is 131 Å². The monoisotopic (exact) mass is 821 g/mol. The Morgan fingerprint density at radius 3 is 2.00 bits per heavy atom. The molecule has 0 aliphatic carbocycles. The number of nitrogens with one attached hydrogen (secondary N) is 1. The van der Waals surface area contributed by atoms with Gasteiger partial charge in [-0.05, 0) is 45.1 Å². The van der Waals surface area contributed by atoms with Crippen LogP contribution in [-0.2, 0) is 25.5 Å². The minimum Gasteiger partial charge on any atom is -0.441 e. The summed E-state index contributed by atoms with van der Waals surface area (Å²) in [5.41, 5.74) is 0.328. The molecule has 0 aromatic carbocycles. The maximum atomic E-state index is 14.5. The maximum Gasteiger partial charge on any atom is 0.413 e. The van der Waals surface area contributed by atoms with Gasteiger partial charge in [0.2, 0.25) is 5.95 Å². The standard InChI is InChI=1S/C33H55FN4O5.C10H18.C3H8.CH4O/c1-8-12-14-15-16-17-18-23-42-25-28(24-40-6)43-32(39)37-31(36-29(34)19-10-3)30-27(5)38(26-35-30)22-21-33(11-4,41-7)20-13-9-2;1-3-5-7-9-10-8-6-4-2;1-3-2;1-2/h4,19,26,28H,8-10,12-18,20-25H2,1-3,5-7H3,(H,36,37,39);1H,4-10H2,2H3;3H2,1-2H3;2H,1H3/b29-19+;;;. The molecule has 336 valence electrons. The number of rotatable bonds is 29. The van der Waals surface area contributed by atoms with Gasteiger partial charge in [0, 0.05) is 53.0 Å². The molecule has 2 N–H and O–H groups in total. The summed E-state index contributed by atoms with van der Waals surface area (Å²) < 4.78 is 38.7. The van der Waals surface area contributed by atoms with Crippen LogP contribution in [-0.4, -0.2) is 79.4 Å². The number of alkyl carbamates (subject to hydrolysis) is 1. The van der Waals surface area contributed by atoms with Gasteiger partial charge in [0.15, 0.2) is 11.9 Å². The number of nitrogens with zero attached hydrogens (tertiary/aromatic N) is 3. The van der Waals surface area contributed by atoms with Crippen molar-refractivity contribution < 1.29 is 33.2 Å². The van der Waals surface area contributed by atoms with Crippen LogP contribution < -0.4 is 5.32 Å². The first kappa shape index (κ1) is 59.1. The fourth-order valence-electron chi connectivity index (χ4n) is 5.62. The van der Waals surface area contributed by atoms with E-state index in [4.69, 9.17) is 36.9 Å². The van der Waals surface area contributed by atoms with E-state index in [0.717, 1.165) is 45.6 Å². The highest BCUT2D eigenvalue weighted by Crippen LogP contribution is 2.24. The van der Waals surface area contributed by atoms with Crippen LogP contribution in [0.5, 0.6) is 0 Å². The number of hydrogen-bond donors (Lipinski definition) is 2. The highest BCUT2D eigenvalue weighted by molar-refractivity contribution is 6.06. The zero-order chi connectivity index (χ0) is 44.3. The maximum absolute atomic E-state index is 14.5. The minimum absolute atomic E-state index is 0.0513. The van der Waals surface area contributed by atoms with Crippen molar-refractivity contribution >= 4 is 11.9 Å². The van der Waals surface area contributed by atoms with Gasteiger partial charge in [-0.2, -0.15) is 9.38 Å². The Hall–Kier alpha value is -3.22. The lowest BCUT2D eigenvalue weighted by Crippen LogP contribution is -2.38. The largest absolute Gasteiger partial charge is 0.441 e. The van der Waals surface area contributed by atoms with Gasteiger partial charge in [-0.25, -0.2) is 9.78 Å². The second-order valence-corrected chi connectivity index (χ2v) is 14.2. The van der Waals surface area contributed by atoms with Crippen molar-refractivity contribution in [2.75, 3.05) is 41.2 Å². The molecule has 0 saturated carbocycles. The Bertz CT molecular complexity index is 1240. The first-order valence-corrected chi connectivity index (χ1v) is 22.0. The number of aliphatic imine (C=N–C) groups is 1. The predicted molar refractivity (Wildman–Crippen MR) is 241 cm³/mol. The SMILES string of the molecule is C#CC(CCCC)(CCn1cnc(/C(=N\C(F)=C\CC)NC(=O)OC(COC)COCCCCCCCCC)c1C)OC.C#CCCCCCCCC.CCC.CO. The molecule has 10 nitrogen and oxygen atoms in total. The van der Waals surface area contributed by atoms with Gasteiger partial charge in [-0.3, -0.25) is 5.32 Å². The number of halogens is 1. The number of amides is 1. The number of allylic oxidation sites excluding steroid dienone is 1. The quantitative estimate of drug-likeness (QED) is 0.0272. The number of ether oxygens (including phenoxy) is 4. The van der Waals surface area contributed by atoms with Crippen molar-refractivity contribution in [2.24, 2.45) is 4.99 Å². The molecule has 1 amide bonds. The second kappa shape index (κ2) is 43.4. The molecule has 0 aliphatic rings. The third-order valence-corrected chi connectivity index (χ3v) is 8.98. The van der Waals surface area contributed by atoms with E-state index in [0.29, 0.717) is 37.4 Å². The molecule has 1 heterocycles. The molecule has 0 fully saturated rings. The van der Waals surface area contributed by atoms with E-state index in [1.165, 1.54) is 90.2 Å². The second-order valence-electron chi connectivity index (χ2n) is 14.2. The number of aromatic nitrogens is 2. The summed E-state index contributed by atoms with van der Waals surface area (Å²) in [5.74, 6) is 4.69. The molecule has 0 aliphatic heterocycles. The molecule has 2 atom stereocenters. The van der Waals surface area contributed by atoms with Gasteiger partial charge in [0.25, 0.3) is 0 Å². The van der Waals surface area contributed by atoms with Crippen molar-refractivity contribution in [1.82, 2.24) is 14.9 Å². The lowest BCUT2D eigenvalue weighted by atomic mass is 9.93. The van der Waals surface area contributed by atoms with E-state index in [1.807, 2.05) is 11.5 Å². The number of methoxy groups -OCH3 is 2. The minimum atomic E-state index is -0.802. The Kier molecular flexibility index (Phi) is 44.2. The predicted octanol–water partition coefficient (Wildman–Crippen LogP) is 11.7. The fourth-order valence-corrected chi connectivity index (χ4v) is 5.62. The number of aryl methyl sites for hydroxylation is 1. The van der Waals surface area contributed by atoms with Gasteiger partial charge in [0.1, 0.15) is 11.3 Å². The molecule has 1 aromatic rings. The Morgan fingerprint density at radius 2 is 1.48 bits per heavy atom. The number of terminal acetylenes is 2. The molecular formula is C47H85FN4O6. The summed E-state index contributed by atoms with van der Waals surface area (Å²) in [7, 11) is 4.15. The average Bonchev–Trinajstić information content (AvgIpc) is 3.59. The van der Waals surface area contributed by atoms with Crippen LogP contribution >= 0.6 is 0 Å². The number of aliphatic hydroxyl groups excluding tert-OH is 1. The molecule has 1 aromatic heterocycles. The summed E-state index contributed by atoms with van der Waals surface area (Å²) in [6, 6.07) is 0. The lowest BCUT2D eigenvalue weighted by molar-refractivity contribution is -0.0166. The van der Waals surface area contributed by atoms with Crippen molar-refractivity contribution in [3.05, 3.63) is 29.7 Å². The Morgan fingerprint density at radius 1 is 0.914 bits per heavy atom. The highest BCUT2D eigenvalue weighted by Gasteiger charge is 2.27. The molecule has 0 saturated heterocycles. The lowest BCUT2D eigenvalue weighted by Gasteiger charge is -2.27. The van der Waals surface area contributed by atoms with Crippen molar-refractivity contribution in [3.63, 3.8) is 0 Å². The number of amidine groups is 1. The number of aliphatic hydroxyl groups is 1. The molecular weight excluding hydrogens is 736 g/mol. The van der Waals surface area contributed by atoms with E-state index in [9.17, 15) is 9.18 Å². The van der Waals surface area contributed by atoms with Crippen molar-refractivity contribution in [3.8, 4) is 24.7 Å². The normalized spacial score (nSPS) is 12.6. The molecule has 11 heteroatoms. The van der Waals surface area contributed by atoms with Gasteiger partial charge >= 0.3 is 6.09 Å².